The second-order valence-electron chi connectivity index (χ2n) is 2.54. The number of rotatable bonds is 1. The summed E-state index contributed by atoms with van der Waals surface area (Å²) in [4.78, 5) is 10.0. The number of esters is 1. The molecular formula is C12H14O3. The average Bonchev–Trinajstić information content (AvgIpc) is 2.20. The van der Waals surface area contributed by atoms with Crippen molar-refractivity contribution in [3.05, 3.63) is 30.3 Å². The van der Waals surface area contributed by atoms with Crippen LogP contribution in [0.5, 0.6) is 5.75 Å². The molecule has 80 valence electrons. The summed E-state index contributed by atoms with van der Waals surface area (Å²) < 4.78 is 4.47. The molecule has 0 saturated heterocycles. The van der Waals surface area contributed by atoms with Gasteiger partial charge in [-0.2, -0.15) is 0 Å². The van der Waals surface area contributed by atoms with Gasteiger partial charge in [0.05, 0.1) is 0 Å². The molecular weight excluding hydrogens is 192 g/mol. The normalized spacial score (nSPS) is 7.60. The number of aromatic hydroxyl groups is 1. The van der Waals surface area contributed by atoms with E-state index in [9.17, 15) is 4.79 Å². The summed E-state index contributed by atoms with van der Waals surface area (Å²) in [7, 11) is 0. The van der Waals surface area contributed by atoms with E-state index in [1.807, 2.05) is 6.07 Å². The van der Waals surface area contributed by atoms with E-state index in [0.29, 0.717) is 5.75 Å². The van der Waals surface area contributed by atoms with Gasteiger partial charge in [0, 0.05) is 6.92 Å². The smallest absolute Gasteiger partial charge is 0.303 e. The van der Waals surface area contributed by atoms with E-state index in [-0.39, 0.29) is 12.6 Å². The minimum absolute atomic E-state index is 0.214. The first-order valence-corrected chi connectivity index (χ1v) is 4.43. The number of phenolic OH excluding ortho intramolecular Hbond substituents is 1. The summed E-state index contributed by atoms with van der Waals surface area (Å²) in [6.45, 7) is 3.27. The standard InChI is InChI=1S/C6H8O2.C6H6O/c1-3-4-5-8-6(2)7;7-6-4-2-1-3-5-6/h5H2,1-2H3;1-5,7H. The van der Waals surface area contributed by atoms with Gasteiger partial charge >= 0.3 is 5.97 Å². The van der Waals surface area contributed by atoms with Crippen molar-refractivity contribution in [2.45, 2.75) is 13.8 Å². The second kappa shape index (κ2) is 8.64. The summed E-state index contributed by atoms with van der Waals surface area (Å²) in [6, 6.07) is 8.71. The topological polar surface area (TPSA) is 46.5 Å². The Balaban J connectivity index is 0.000000262. The van der Waals surface area contributed by atoms with Gasteiger partial charge in [0.25, 0.3) is 0 Å². The molecule has 3 nitrogen and oxygen atoms in total. The molecule has 0 amide bonds. The molecule has 0 aliphatic carbocycles. The van der Waals surface area contributed by atoms with Crippen LogP contribution in [0.15, 0.2) is 30.3 Å². The van der Waals surface area contributed by atoms with Gasteiger partial charge in [0.15, 0.2) is 6.61 Å². The van der Waals surface area contributed by atoms with Crippen LogP contribution in [-0.2, 0) is 9.53 Å². The van der Waals surface area contributed by atoms with Gasteiger partial charge in [-0.05, 0) is 19.1 Å². The molecule has 0 fully saturated rings. The first-order chi connectivity index (χ1) is 7.16. The molecule has 0 aliphatic rings. The lowest BCUT2D eigenvalue weighted by atomic mass is 10.3. The number of ether oxygens (including phenoxy) is 1. The Kier molecular flexibility index (Phi) is 7.52. The molecule has 0 spiro atoms. The lowest BCUT2D eigenvalue weighted by molar-refractivity contribution is -0.139. The van der Waals surface area contributed by atoms with Crippen LogP contribution < -0.4 is 0 Å². The molecule has 0 atom stereocenters. The van der Waals surface area contributed by atoms with Gasteiger partial charge in [-0.1, -0.05) is 24.1 Å². The van der Waals surface area contributed by atoms with Gasteiger partial charge in [0.1, 0.15) is 5.75 Å². The van der Waals surface area contributed by atoms with E-state index in [1.165, 1.54) is 6.92 Å². The van der Waals surface area contributed by atoms with Crippen molar-refractivity contribution in [1.29, 1.82) is 0 Å². The number of benzene rings is 1. The third-order valence-electron chi connectivity index (χ3n) is 1.28. The third-order valence-corrected chi connectivity index (χ3v) is 1.28. The first kappa shape index (κ1) is 13.1. The third kappa shape index (κ3) is 9.97. The number of hydrogen-bond acceptors (Lipinski definition) is 3. The van der Waals surface area contributed by atoms with Crippen LogP contribution in [0.3, 0.4) is 0 Å². The highest BCUT2D eigenvalue weighted by atomic mass is 16.5. The maximum Gasteiger partial charge on any atom is 0.303 e. The highest BCUT2D eigenvalue weighted by molar-refractivity contribution is 5.66. The molecule has 0 aromatic heterocycles. The summed E-state index contributed by atoms with van der Waals surface area (Å²) in [5.41, 5.74) is 0. The van der Waals surface area contributed by atoms with Crippen molar-refractivity contribution in [1.82, 2.24) is 0 Å². The Morgan fingerprint density at radius 3 is 2.33 bits per heavy atom. The Morgan fingerprint density at radius 1 is 1.40 bits per heavy atom. The van der Waals surface area contributed by atoms with E-state index in [4.69, 9.17) is 5.11 Å². The van der Waals surface area contributed by atoms with Crippen molar-refractivity contribution in [3.63, 3.8) is 0 Å². The minimum Gasteiger partial charge on any atom is -0.508 e. The van der Waals surface area contributed by atoms with Gasteiger partial charge in [-0.3, -0.25) is 4.79 Å². The molecule has 0 saturated carbocycles. The Morgan fingerprint density at radius 2 is 2.00 bits per heavy atom. The molecule has 1 aromatic rings. The fraction of sp³-hybridized carbons (Fsp3) is 0.250. The van der Waals surface area contributed by atoms with E-state index in [1.54, 1.807) is 31.2 Å². The summed E-state index contributed by atoms with van der Waals surface area (Å²) in [5.74, 6) is 5.22. The zero-order chi connectivity index (χ0) is 11.5. The quantitative estimate of drug-likeness (QED) is 0.564. The maximum atomic E-state index is 10.0. The van der Waals surface area contributed by atoms with Crippen LogP contribution >= 0.6 is 0 Å². The lowest BCUT2D eigenvalue weighted by Gasteiger charge is -1.89. The van der Waals surface area contributed by atoms with Crippen LogP contribution in [0, 0.1) is 11.8 Å². The minimum atomic E-state index is -0.284. The zero-order valence-corrected chi connectivity index (χ0v) is 8.86. The zero-order valence-electron chi connectivity index (χ0n) is 8.86. The number of hydrogen-bond donors (Lipinski definition) is 1. The van der Waals surface area contributed by atoms with E-state index in [0.717, 1.165) is 0 Å². The Hall–Kier alpha value is -1.95. The summed E-state index contributed by atoms with van der Waals surface area (Å²) >= 11 is 0. The van der Waals surface area contributed by atoms with Crippen molar-refractivity contribution >= 4 is 5.97 Å². The van der Waals surface area contributed by atoms with Crippen LogP contribution in [-0.4, -0.2) is 17.7 Å². The number of phenols is 1. The van der Waals surface area contributed by atoms with Gasteiger partial charge in [0.2, 0.25) is 0 Å². The van der Waals surface area contributed by atoms with Crippen LogP contribution in [0.4, 0.5) is 0 Å². The SMILES string of the molecule is CC#CCOC(C)=O.Oc1ccccc1. The summed E-state index contributed by atoms with van der Waals surface area (Å²) in [5, 5.41) is 8.63. The highest BCUT2D eigenvalue weighted by Gasteiger charge is 1.84. The monoisotopic (exact) mass is 206 g/mol. The van der Waals surface area contributed by atoms with Crippen molar-refractivity contribution < 1.29 is 14.6 Å². The first-order valence-electron chi connectivity index (χ1n) is 4.43. The average molecular weight is 206 g/mol. The van der Waals surface area contributed by atoms with E-state index >= 15 is 0 Å². The predicted molar refractivity (Wildman–Crippen MR) is 58.2 cm³/mol. The molecule has 0 bridgehead atoms. The van der Waals surface area contributed by atoms with E-state index < -0.39 is 0 Å². The number of carbonyl (C=O) groups is 1. The Bertz CT molecular complexity index is 333. The molecule has 1 aromatic carbocycles. The molecule has 0 heterocycles. The van der Waals surface area contributed by atoms with Crippen LogP contribution in [0.1, 0.15) is 13.8 Å². The van der Waals surface area contributed by atoms with Crippen molar-refractivity contribution in [2.24, 2.45) is 0 Å². The molecule has 1 N–H and O–H groups in total. The van der Waals surface area contributed by atoms with Gasteiger partial charge < -0.3 is 9.84 Å². The highest BCUT2D eigenvalue weighted by Crippen LogP contribution is 2.02. The fourth-order valence-electron chi connectivity index (χ4n) is 0.638. The molecule has 1 rings (SSSR count). The lowest BCUT2D eigenvalue weighted by Crippen LogP contribution is -1.97. The molecule has 0 aliphatic heterocycles. The molecule has 3 heteroatoms. The van der Waals surface area contributed by atoms with Gasteiger partial charge in [-0.25, -0.2) is 0 Å². The predicted octanol–water partition coefficient (Wildman–Crippen LogP) is 1.96. The van der Waals surface area contributed by atoms with E-state index in [2.05, 4.69) is 16.6 Å². The second-order valence-corrected chi connectivity index (χ2v) is 2.54. The van der Waals surface area contributed by atoms with Gasteiger partial charge in [-0.15, -0.1) is 5.92 Å². The fourth-order valence-corrected chi connectivity index (χ4v) is 0.638. The van der Waals surface area contributed by atoms with Crippen LogP contribution in [0.2, 0.25) is 0 Å². The summed E-state index contributed by atoms with van der Waals surface area (Å²) in [6.07, 6.45) is 0. The number of carbonyl (C=O) groups excluding carboxylic acids is 1. The van der Waals surface area contributed by atoms with Crippen LogP contribution in [0.25, 0.3) is 0 Å². The molecule has 15 heavy (non-hydrogen) atoms. The van der Waals surface area contributed by atoms with Crippen molar-refractivity contribution in [2.75, 3.05) is 6.61 Å². The number of para-hydroxylation sites is 1. The largest absolute Gasteiger partial charge is 0.508 e. The molecule has 0 radical (unpaired) electrons. The molecule has 0 unspecified atom stereocenters. The van der Waals surface area contributed by atoms with Crippen molar-refractivity contribution in [3.8, 4) is 17.6 Å². The Labute approximate surface area is 89.7 Å². The maximum absolute atomic E-state index is 10.0.